The van der Waals surface area contributed by atoms with Crippen molar-refractivity contribution < 1.29 is 18.3 Å². The van der Waals surface area contributed by atoms with E-state index in [1.54, 1.807) is 0 Å². The van der Waals surface area contributed by atoms with Gasteiger partial charge in [-0.15, -0.1) is 0 Å². The van der Waals surface area contributed by atoms with Crippen molar-refractivity contribution in [3.8, 4) is 5.75 Å². The summed E-state index contributed by atoms with van der Waals surface area (Å²) in [6.07, 6.45) is 1.54. The number of nitrogens with one attached hydrogen (secondary N) is 2. The highest BCUT2D eigenvalue weighted by molar-refractivity contribution is 7.59. The molecule has 0 bridgehead atoms. The number of aryl methyl sites for hydroxylation is 1. The van der Waals surface area contributed by atoms with Gasteiger partial charge in [-0.2, -0.15) is 18.5 Å². The molecule has 5 rings (SSSR count). The third kappa shape index (κ3) is 5.93. The van der Waals surface area contributed by atoms with Crippen LogP contribution in [0.25, 0.3) is 0 Å². The molecule has 0 saturated carbocycles. The summed E-state index contributed by atoms with van der Waals surface area (Å²) in [4.78, 5) is 25.1. The van der Waals surface area contributed by atoms with Gasteiger partial charge in [0.05, 0.1) is 5.69 Å². The van der Waals surface area contributed by atoms with Crippen LogP contribution >= 0.6 is 13.5 Å². The molecule has 2 aromatic carbocycles. The van der Waals surface area contributed by atoms with Gasteiger partial charge in [0.25, 0.3) is 0 Å². The number of aromatic nitrogens is 2. The highest BCUT2D eigenvalue weighted by Gasteiger charge is 2.30. The number of hydrogen-bond acceptors (Lipinski definition) is 7. The fourth-order valence-electron chi connectivity index (χ4n) is 4.68. The van der Waals surface area contributed by atoms with Crippen molar-refractivity contribution in [1.82, 2.24) is 9.97 Å². The molecule has 0 unspecified atom stereocenters. The van der Waals surface area contributed by atoms with Crippen molar-refractivity contribution >= 4 is 42.5 Å². The van der Waals surface area contributed by atoms with Crippen molar-refractivity contribution in [3.63, 3.8) is 0 Å². The lowest BCUT2D eigenvalue weighted by Crippen LogP contribution is -2.44. The van der Waals surface area contributed by atoms with Crippen LogP contribution in [0.1, 0.15) is 31.0 Å². The summed E-state index contributed by atoms with van der Waals surface area (Å²) >= 11 is 0. The van der Waals surface area contributed by atoms with Crippen molar-refractivity contribution in [3.05, 3.63) is 65.4 Å². The Labute approximate surface area is 227 Å². The van der Waals surface area contributed by atoms with E-state index >= 15 is 0 Å². The molecule has 1 amide bonds. The minimum Gasteiger partial charge on any atom is -0.490 e. The van der Waals surface area contributed by atoms with Crippen LogP contribution in [0.5, 0.6) is 5.75 Å². The van der Waals surface area contributed by atoms with Gasteiger partial charge in [0, 0.05) is 51.3 Å². The summed E-state index contributed by atoms with van der Waals surface area (Å²) in [5, 5.41) is 6.16. The normalized spacial score (nSPS) is 17.4. The highest BCUT2D eigenvalue weighted by atomic mass is 32.1. The third-order valence-corrected chi connectivity index (χ3v) is 6.92. The van der Waals surface area contributed by atoms with Crippen LogP contribution in [0.4, 0.5) is 31.9 Å². The molecule has 1 atom stereocenters. The van der Waals surface area contributed by atoms with Crippen molar-refractivity contribution in [2.45, 2.75) is 45.4 Å². The van der Waals surface area contributed by atoms with E-state index in [0.717, 1.165) is 30.2 Å². The molecular formula is C27H32F2N6O2S. The Morgan fingerprint density at radius 2 is 1.82 bits per heavy atom. The van der Waals surface area contributed by atoms with Crippen LogP contribution in [0.2, 0.25) is 0 Å². The first-order valence-corrected chi connectivity index (χ1v) is 12.4. The standard InChI is InChI=1S/C27H30F2N6O2.H2S/c1-16-24-25(34(3)17(2)26(36)32-24)33-27(31-16)30-15-18-5-4-6-23(11-18)37-22-7-9-35(10-8-22)21-13-19(28)12-20(29)14-21;/h4-6,11-14,17,22H,7-10,15H2,1-3H3,(H,32,36)(H,30,31,33);1H2/t17-;/m0./s1. The molecule has 0 radical (unpaired) electrons. The minimum absolute atomic E-state index is 0. The second-order valence-electron chi connectivity index (χ2n) is 9.54. The first-order valence-electron chi connectivity index (χ1n) is 12.4. The Bertz CT molecular complexity index is 1300. The highest BCUT2D eigenvalue weighted by Crippen LogP contribution is 2.32. The van der Waals surface area contributed by atoms with Crippen LogP contribution in [0.15, 0.2) is 42.5 Å². The lowest BCUT2D eigenvalue weighted by atomic mass is 10.1. The number of carbonyl (C=O) groups excluding carboxylic acids is 1. The molecular weight excluding hydrogens is 510 g/mol. The van der Waals surface area contributed by atoms with E-state index in [0.29, 0.717) is 48.5 Å². The van der Waals surface area contributed by atoms with E-state index in [4.69, 9.17) is 4.74 Å². The predicted octanol–water partition coefficient (Wildman–Crippen LogP) is 4.61. The van der Waals surface area contributed by atoms with E-state index in [1.165, 1.54) is 12.1 Å². The molecule has 2 aliphatic rings. The first-order chi connectivity index (χ1) is 17.8. The van der Waals surface area contributed by atoms with Gasteiger partial charge in [-0.1, -0.05) is 12.1 Å². The molecule has 1 saturated heterocycles. The maximum absolute atomic E-state index is 13.6. The fourth-order valence-corrected chi connectivity index (χ4v) is 4.68. The van der Waals surface area contributed by atoms with Crippen LogP contribution in [-0.2, 0) is 11.3 Å². The molecule has 1 fully saturated rings. The molecule has 202 valence electrons. The Morgan fingerprint density at radius 1 is 1.11 bits per heavy atom. The van der Waals surface area contributed by atoms with Crippen molar-refractivity contribution in [2.24, 2.45) is 0 Å². The molecule has 2 aliphatic heterocycles. The number of hydrogen-bond donors (Lipinski definition) is 2. The van der Waals surface area contributed by atoms with Crippen molar-refractivity contribution in [2.75, 3.05) is 40.6 Å². The molecule has 38 heavy (non-hydrogen) atoms. The summed E-state index contributed by atoms with van der Waals surface area (Å²) in [6, 6.07) is 11.2. The number of halogens is 2. The Hall–Kier alpha value is -3.60. The van der Waals surface area contributed by atoms with Crippen LogP contribution in [0, 0.1) is 18.6 Å². The fraction of sp³-hybridized carbons (Fsp3) is 0.370. The van der Waals surface area contributed by atoms with Gasteiger partial charge in [0.15, 0.2) is 5.82 Å². The van der Waals surface area contributed by atoms with E-state index < -0.39 is 11.6 Å². The van der Waals surface area contributed by atoms with E-state index in [2.05, 4.69) is 20.6 Å². The number of carbonyl (C=O) groups is 1. The number of fused-ring (bicyclic) bond motifs is 1. The number of benzene rings is 2. The van der Waals surface area contributed by atoms with E-state index in [1.807, 2.05) is 55.0 Å². The number of likely N-dealkylation sites (N-methyl/N-ethyl adjacent to an activating group) is 1. The van der Waals surface area contributed by atoms with Crippen LogP contribution < -0.4 is 25.2 Å². The van der Waals surface area contributed by atoms with Gasteiger partial charge in [-0.3, -0.25) is 4.79 Å². The number of anilines is 4. The van der Waals surface area contributed by atoms with Crippen LogP contribution in [-0.4, -0.2) is 48.2 Å². The smallest absolute Gasteiger partial charge is 0.246 e. The number of nitrogens with zero attached hydrogens (tertiary/aromatic N) is 4. The Kier molecular flexibility index (Phi) is 8.25. The first kappa shape index (κ1) is 27.4. The van der Waals surface area contributed by atoms with Gasteiger partial charge >= 0.3 is 0 Å². The van der Waals surface area contributed by atoms with Gasteiger partial charge in [0.1, 0.15) is 35.2 Å². The molecule has 0 spiro atoms. The number of ether oxygens (including phenoxy) is 1. The summed E-state index contributed by atoms with van der Waals surface area (Å²) < 4.78 is 33.4. The second-order valence-corrected chi connectivity index (χ2v) is 9.54. The molecule has 0 aliphatic carbocycles. The van der Waals surface area contributed by atoms with E-state index in [9.17, 15) is 13.6 Å². The van der Waals surface area contributed by atoms with Gasteiger partial charge in [-0.25, -0.2) is 13.8 Å². The van der Waals surface area contributed by atoms with Gasteiger partial charge in [0.2, 0.25) is 11.9 Å². The Morgan fingerprint density at radius 3 is 2.53 bits per heavy atom. The molecule has 2 N–H and O–H groups in total. The maximum atomic E-state index is 13.6. The minimum atomic E-state index is -0.567. The molecule has 3 aromatic rings. The molecule has 3 heterocycles. The average Bonchev–Trinajstić information content (AvgIpc) is 2.87. The quantitative estimate of drug-likeness (QED) is 0.471. The molecule has 1 aromatic heterocycles. The monoisotopic (exact) mass is 542 g/mol. The van der Waals surface area contributed by atoms with Crippen LogP contribution in [0.3, 0.4) is 0 Å². The second kappa shape index (κ2) is 11.4. The average molecular weight is 543 g/mol. The summed E-state index contributed by atoms with van der Waals surface area (Å²) in [6.45, 7) is 5.51. The lowest BCUT2D eigenvalue weighted by molar-refractivity contribution is -0.117. The number of rotatable bonds is 6. The Balaban J connectivity index is 0.00000336. The molecule has 11 heteroatoms. The lowest BCUT2D eigenvalue weighted by Gasteiger charge is -2.33. The predicted molar refractivity (Wildman–Crippen MR) is 150 cm³/mol. The van der Waals surface area contributed by atoms with Crippen molar-refractivity contribution in [1.29, 1.82) is 0 Å². The number of amides is 1. The zero-order valence-corrected chi connectivity index (χ0v) is 22.6. The SMILES string of the molecule is Cc1nc(NCc2cccc(OC3CCN(c4cc(F)cc(F)c4)CC3)c2)nc2c1NC(=O)[C@H](C)N2C.S. The largest absolute Gasteiger partial charge is 0.490 e. The van der Waals surface area contributed by atoms with Gasteiger partial charge in [-0.05, 0) is 43.7 Å². The zero-order valence-electron chi connectivity index (χ0n) is 21.6. The zero-order chi connectivity index (χ0) is 26.1. The molecule has 8 nitrogen and oxygen atoms in total. The summed E-state index contributed by atoms with van der Waals surface area (Å²) in [5.74, 6) is 0.734. The maximum Gasteiger partial charge on any atom is 0.246 e. The van der Waals surface area contributed by atoms with Gasteiger partial charge < -0.3 is 25.2 Å². The number of piperidine rings is 1. The topological polar surface area (TPSA) is 82.6 Å². The summed E-state index contributed by atoms with van der Waals surface area (Å²) in [5.41, 5.74) is 2.91. The third-order valence-electron chi connectivity index (χ3n) is 6.92. The van der Waals surface area contributed by atoms with E-state index in [-0.39, 0.29) is 31.5 Å². The summed E-state index contributed by atoms with van der Waals surface area (Å²) in [7, 11) is 1.85.